The molecule has 0 saturated carbocycles. The van der Waals surface area contributed by atoms with Gasteiger partial charge in [0, 0.05) is 35.0 Å². The normalized spacial score (nSPS) is 19.2. The Hall–Kier alpha value is -4.24. The van der Waals surface area contributed by atoms with Crippen molar-refractivity contribution in [2.75, 3.05) is 18.1 Å². The van der Waals surface area contributed by atoms with Gasteiger partial charge in [0.1, 0.15) is 17.7 Å². The van der Waals surface area contributed by atoms with Crippen molar-refractivity contribution in [1.29, 1.82) is 0 Å². The average Bonchev–Trinajstić information content (AvgIpc) is 3.52. The van der Waals surface area contributed by atoms with Gasteiger partial charge in [0.25, 0.3) is 17.6 Å². The highest BCUT2D eigenvalue weighted by molar-refractivity contribution is 6.51. The van der Waals surface area contributed by atoms with Gasteiger partial charge in [-0.15, -0.1) is 0 Å². The first-order chi connectivity index (χ1) is 17.4. The second-order valence-corrected chi connectivity index (χ2v) is 8.87. The Balaban J connectivity index is 1.58. The predicted octanol–water partition coefficient (Wildman–Crippen LogP) is 2.90. The lowest BCUT2D eigenvalue weighted by atomic mass is 9.80. The fourth-order valence-electron chi connectivity index (χ4n) is 5.05. The van der Waals surface area contributed by atoms with Crippen molar-refractivity contribution < 1.29 is 29.1 Å². The molecule has 2 aromatic carbocycles. The van der Waals surface area contributed by atoms with Crippen LogP contribution in [0.15, 0.2) is 64.9 Å². The van der Waals surface area contributed by atoms with Gasteiger partial charge in [-0.1, -0.05) is 36.7 Å². The molecule has 0 spiro atoms. The molecule has 2 bridgehead atoms. The molecular weight excluding hydrogens is 462 g/mol. The van der Waals surface area contributed by atoms with Gasteiger partial charge < -0.3 is 20.1 Å². The lowest BCUT2D eigenvalue weighted by Gasteiger charge is -2.33. The second-order valence-electron chi connectivity index (χ2n) is 8.87. The van der Waals surface area contributed by atoms with E-state index in [1.807, 2.05) is 6.92 Å². The van der Waals surface area contributed by atoms with Crippen LogP contribution < -0.4 is 10.2 Å². The van der Waals surface area contributed by atoms with Crippen LogP contribution in [0.3, 0.4) is 0 Å². The number of aliphatic hydroxyl groups is 2. The number of aliphatic hydroxyl groups excluding tert-OH is 2. The summed E-state index contributed by atoms with van der Waals surface area (Å²) < 4.78 is 4.90. The molecule has 3 aromatic rings. The zero-order chi connectivity index (χ0) is 25.4. The number of hydrogen-bond donors (Lipinski definition) is 3. The van der Waals surface area contributed by atoms with E-state index in [-0.39, 0.29) is 36.3 Å². The molecule has 3 N–H and O–H groups in total. The van der Waals surface area contributed by atoms with Gasteiger partial charge in [0.05, 0.1) is 18.2 Å². The van der Waals surface area contributed by atoms with Gasteiger partial charge in [-0.2, -0.15) is 0 Å². The Labute approximate surface area is 207 Å². The topological polar surface area (TPSA) is 133 Å². The van der Waals surface area contributed by atoms with Gasteiger partial charge in [0.2, 0.25) is 0 Å². The Morgan fingerprint density at radius 3 is 2.56 bits per heavy atom. The number of amides is 2. The molecule has 1 saturated heterocycles. The summed E-state index contributed by atoms with van der Waals surface area (Å²) in [5.41, 5.74) is 3.55. The molecule has 9 heteroatoms. The quantitative estimate of drug-likeness (QED) is 0.455. The first-order valence-electron chi connectivity index (χ1n) is 11.8. The van der Waals surface area contributed by atoms with Crippen LogP contribution >= 0.6 is 0 Å². The van der Waals surface area contributed by atoms with Gasteiger partial charge in [-0.25, -0.2) is 0 Å². The Morgan fingerprint density at radius 1 is 1.14 bits per heavy atom. The van der Waals surface area contributed by atoms with E-state index in [1.165, 1.54) is 11.2 Å². The zero-order valence-corrected chi connectivity index (χ0v) is 19.6. The van der Waals surface area contributed by atoms with Crippen LogP contribution in [0.5, 0.6) is 0 Å². The summed E-state index contributed by atoms with van der Waals surface area (Å²) in [4.78, 5) is 40.6. The van der Waals surface area contributed by atoms with E-state index in [4.69, 9.17) is 9.63 Å². The summed E-state index contributed by atoms with van der Waals surface area (Å²) in [5, 5.41) is 26.8. The minimum absolute atomic E-state index is 0.0792. The highest BCUT2D eigenvalue weighted by Crippen LogP contribution is 2.41. The molecule has 9 nitrogen and oxygen atoms in total. The van der Waals surface area contributed by atoms with E-state index in [9.17, 15) is 19.5 Å². The molecule has 1 aromatic heterocycles. The third-order valence-corrected chi connectivity index (χ3v) is 6.84. The highest BCUT2D eigenvalue weighted by atomic mass is 16.5. The molecule has 2 aliphatic rings. The Kier molecular flexibility index (Phi) is 6.15. The molecule has 2 atom stereocenters. The van der Waals surface area contributed by atoms with Crippen LogP contribution in [0.2, 0.25) is 0 Å². The molecule has 0 radical (unpaired) electrons. The smallest absolute Gasteiger partial charge is 0.299 e. The number of ketones is 1. The van der Waals surface area contributed by atoms with E-state index < -0.39 is 17.7 Å². The van der Waals surface area contributed by atoms with E-state index in [0.717, 1.165) is 5.56 Å². The number of fused-ring (bicyclic) bond motifs is 3. The van der Waals surface area contributed by atoms with Crippen molar-refractivity contribution in [1.82, 2.24) is 10.5 Å². The number of anilines is 1. The molecule has 1 fully saturated rings. The number of nitrogens with one attached hydrogen (secondary N) is 1. The summed E-state index contributed by atoms with van der Waals surface area (Å²) in [6.07, 6.45) is 2.48. The van der Waals surface area contributed by atoms with E-state index in [0.29, 0.717) is 40.9 Å². The molecule has 1 aliphatic carbocycles. The van der Waals surface area contributed by atoms with Crippen LogP contribution in [0.4, 0.5) is 5.69 Å². The van der Waals surface area contributed by atoms with Crippen molar-refractivity contribution in [3.8, 4) is 11.3 Å². The average molecular weight is 488 g/mol. The summed E-state index contributed by atoms with van der Waals surface area (Å²) in [5.74, 6) is -2.26. The van der Waals surface area contributed by atoms with E-state index in [2.05, 4.69) is 10.5 Å². The number of carbonyl (C=O) groups excluding carboxylic acids is 3. The molecule has 2 heterocycles. The molecule has 5 rings (SSSR count). The third kappa shape index (κ3) is 3.87. The zero-order valence-electron chi connectivity index (χ0n) is 19.6. The second kappa shape index (κ2) is 9.43. The number of nitrogens with zero attached hydrogens (tertiary/aromatic N) is 2. The highest BCUT2D eigenvalue weighted by Gasteiger charge is 2.49. The van der Waals surface area contributed by atoms with Crippen molar-refractivity contribution in [2.45, 2.75) is 25.8 Å². The standard InChI is InChI=1S/C27H25N3O6/c1-2-15-13-18-14-17(5-8-20(18)26(34)28-10-11-31)24(32)22-23(15)30(27(35)25(22)33)19-6-3-16(4-7-19)21-9-12-36-29-21/h3-9,12,14-15,23,31-32H,2,10-11,13H2,1H3,(H,28,34). The molecule has 2 amide bonds. The lowest BCUT2D eigenvalue weighted by Crippen LogP contribution is -2.40. The van der Waals surface area contributed by atoms with Gasteiger partial charge in [-0.05, 0) is 42.2 Å². The molecule has 36 heavy (non-hydrogen) atoms. The Morgan fingerprint density at radius 2 is 1.89 bits per heavy atom. The number of benzene rings is 2. The van der Waals surface area contributed by atoms with Crippen molar-refractivity contribution in [2.24, 2.45) is 5.92 Å². The number of rotatable bonds is 6. The molecule has 184 valence electrons. The maximum absolute atomic E-state index is 13.3. The van der Waals surface area contributed by atoms with Crippen LogP contribution in [-0.4, -0.2) is 52.2 Å². The fraction of sp³-hybridized carbons (Fsp3) is 0.259. The largest absolute Gasteiger partial charge is 0.507 e. The summed E-state index contributed by atoms with van der Waals surface area (Å²) in [6, 6.07) is 13.0. The van der Waals surface area contributed by atoms with Crippen LogP contribution in [0.1, 0.15) is 34.8 Å². The van der Waals surface area contributed by atoms with Gasteiger partial charge in [0.15, 0.2) is 0 Å². The van der Waals surface area contributed by atoms with Crippen LogP contribution in [-0.2, 0) is 16.0 Å². The van der Waals surface area contributed by atoms with E-state index in [1.54, 1.807) is 48.5 Å². The van der Waals surface area contributed by atoms with Gasteiger partial charge in [-0.3, -0.25) is 19.3 Å². The first kappa shape index (κ1) is 23.5. The van der Waals surface area contributed by atoms with Crippen LogP contribution in [0.25, 0.3) is 17.0 Å². The first-order valence-corrected chi connectivity index (χ1v) is 11.8. The molecule has 1 aliphatic heterocycles. The SMILES string of the molecule is CCC1Cc2cc(ccc2C(=O)NCCO)C(O)=C2C(=O)C(=O)N(c3ccc(-c4ccon4)cc3)C21. The lowest BCUT2D eigenvalue weighted by molar-refractivity contribution is -0.132. The number of hydrogen-bond acceptors (Lipinski definition) is 7. The summed E-state index contributed by atoms with van der Waals surface area (Å²) in [7, 11) is 0. The minimum Gasteiger partial charge on any atom is -0.507 e. The van der Waals surface area contributed by atoms with Crippen molar-refractivity contribution >= 4 is 29.0 Å². The van der Waals surface area contributed by atoms with Crippen LogP contribution in [0, 0.1) is 5.92 Å². The minimum atomic E-state index is -0.732. The summed E-state index contributed by atoms with van der Waals surface area (Å²) in [6.45, 7) is 1.89. The predicted molar refractivity (Wildman–Crippen MR) is 131 cm³/mol. The maximum atomic E-state index is 13.3. The third-order valence-electron chi connectivity index (χ3n) is 6.84. The number of carbonyl (C=O) groups is 3. The Bertz CT molecular complexity index is 1360. The maximum Gasteiger partial charge on any atom is 0.299 e. The number of aromatic nitrogens is 1. The molecular formula is C27H25N3O6. The van der Waals surface area contributed by atoms with Crippen molar-refractivity contribution in [3.05, 3.63) is 77.1 Å². The number of Topliss-reactive ketones (excluding diaryl/α,β-unsaturated/α-hetero) is 1. The summed E-state index contributed by atoms with van der Waals surface area (Å²) >= 11 is 0. The molecule has 2 unspecified atom stereocenters. The van der Waals surface area contributed by atoms with Crippen molar-refractivity contribution in [3.63, 3.8) is 0 Å². The van der Waals surface area contributed by atoms with Gasteiger partial charge >= 0.3 is 0 Å². The van der Waals surface area contributed by atoms with E-state index >= 15 is 0 Å². The fourth-order valence-corrected chi connectivity index (χ4v) is 5.05. The monoisotopic (exact) mass is 487 g/mol.